The number of H-pyrrole nitrogens is 1. The van der Waals surface area contributed by atoms with E-state index in [1.807, 2.05) is 5.32 Å². The number of alkyl halides is 3. The van der Waals surface area contributed by atoms with Crippen molar-refractivity contribution >= 4 is 50.4 Å². The number of hydrogen-bond acceptors (Lipinski definition) is 5. The van der Waals surface area contributed by atoms with Crippen molar-refractivity contribution < 1.29 is 32.0 Å². The highest BCUT2D eigenvalue weighted by Gasteiger charge is 2.69. The number of fused-ring (bicyclic) bond motifs is 3. The number of rotatable bonds is 4. The Bertz CT molecular complexity index is 1350. The van der Waals surface area contributed by atoms with E-state index in [2.05, 4.69) is 36.4 Å². The van der Waals surface area contributed by atoms with Crippen molar-refractivity contribution in [2.75, 3.05) is 31.5 Å². The highest BCUT2D eigenvalue weighted by Crippen LogP contribution is 2.51. The first-order valence-electron chi connectivity index (χ1n) is 10.2. The largest absolute Gasteiger partial charge is 0.405 e. The fourth-order valence-electron chi connectivity index (χ4n) is 4.81. The second kappa shape index (κ2) is 7.60. The fraction of sp³-hybridized carbons (Fsp3) is 0.286. The zero-order chi connectivity index (χ0) is 24.3. The number of carbonyl (C=O) groups excluding carboxylic acids is 3. The summed E-state index contributed by atoms with van der Waals surface area (Å²) in [6, 6.07) is 8.31. The lowest BCUT2D eigenvalue weighted by molar-refractivity contribution is -0.891. The maximum atomic E-state index is 13.6. The zero-order valence-corrected chi connectivity index (χ0v) is 19.0. The molecule has 176 valence electrons. The van der Waals surface area contributed by atoms with Crippen LogP contribution in [0.5, 0.6) is 0 Å². The second-order valence-electron chi connectivity index (χ2n) is 8.51. The van der Waals surface area contributed by atoms with Gasteiger partial charge < -0.3 is 10.6 Å². The Balaban J connectivity index is 1.50. The number of quaternary nitrogens is 1. The number of carbonyl (C=O) groups is 3. The van der Waals surface area contributed by atoms with E-state index in [9.17, 15) is 27.6 Å². The topological polar surface area (TPSA) is 117 Å². The molecule has 3 amide bonds. The molecular weight excluding hydrogens is 521 g/mol. The third-order valence-electron chi connectivity index (χ3n) is 6.20. The van der Waals surface area contributed by atoms with Crippen molar-refractivity contribution in [2.24, 2.45) is 0 Å². The first-order valence-corrected chi connectivity index (χ1v) is 11.0. The van der Waals surface area contributed by atoms with Gasteiger partial charge in [-0.15, -0.1) is 0 Å². The number of pyridine rings is 1. The van der Waals surface area contributed by atoms with Crippen molar-refractivity contribution in [3.8, 4) is 0 Å². The van der Waals surface area contributed by atoms with E-state index in [1.165, 1.54) is 12.3 Å². The van der Waals surface area contributed by atoms with Gasteiger partial charge in [-0.2, -0.15) is 18.3 Å². The van der Waals surface area contributed by atoms with E-state index < -0.39 is 41.0 Å². The summed E-state index contributed by atoms with van der Waals surface area (Å²) >= 11 is 3.45. The summed E-state index contributed by atoms with van der Waals surface area (Å²) in [5.74, 6) is -1.84. The Labute approximate surface area is 198 Å². The molecule has 0 unspecified atom stereocenters. The summed E-state index contributed by atoms with van der Waals surface area (Å²) in [5.41, 5.74) is 1.19. The number of hydrogen-bond donors (Lipinski definition) is 3. The van der Waals surface area contributed by atoms with Gasteiger partial charge in [-0.25, -0.2) is 14.3 Å². The molecule has 3 aromatic rings. The van der Waals surface area contributed by atoms with Crippen LogP contribution in [0.1, 0.15) is 16.1 Å². The number of aromatic amines is 1. The van der Waals surface area contributed by atoms with Crippen LogP contribution >= 0.6 is 15.9 Å². The lowest BCUT2D eigenvalue weighted by Gasteiger charge is -2.52. The maximum Gasteiger partial charge on any atom is 0.405 e. The van der Waals surface area contributed by atoms with Crippen LogP contribution in [0.25, 0.3) is 11.0 Å². The monoisotopic (exact) mass is 537 g/mol. The van der Waals surface area contributed by atoms with Crippen molar-refractivity contribution in [3.05, 3.63) is 52.3 Å². The molecule has 2 aromatic heterocycles. The summed E-state index contributed by atoms with van der Waals surface area (Å²) in [5, 5.41) is 11.2. The predicted molar refractivity (Wildman–Crippen MR) is 117 cm³/mol. The molecule has 0 aliphatic carbocycles. The SMILES string of the molecule is O=C(C[N+]1(C(=O)c2ccc3[nH]ncc3n2)CC2(C1)C(=O)Nc1cccc(Br)c12)NCC(F)(F)F. The molecule has 1 saturated heterocycles. The van der Waals surface area contributed by atoms with Gasteiger partial charge >= 0.3 is 12.1 Å². The number of aromatic nitrogens is 3. The van der Waals surface area contributed by atoms with Crippen LogP contribution < -0.4 is 10.6 Å². The van der Waals surface area contributed by atoms with Crippen molar-refractivity contribution in [1.82, 2.24) is 20.5 Å². The van der Waals surface area contributed by atoms with E-state index in [0.29, 0.717) is 26.8 Å². The summed E-state index contributed by atoms with van der Waals surface area (Å²) in [6.45, 7) is -2.27. The van der Waals surface area contributed by atoms with Crippen LogP contribution in [0.15, 0.2) is 41.0 Å². The third kappa shape index (κ3) is 3.55. The minimum Gasteiger partial charge on any atom is -0.342 e. The molecule has 4 heterocycles. The Morgan fingerprint density at radius 2 is 1.97 bits per heavy atom. The molecule has 0 saturated carbocycles. The molecule has 1 fully saturated rings. The number of halogens is 4. The summed E-state index contributed by atoms with van der Waals surface area (Å²) in [4.78, 5) is 43.4. The molecule has 2 aliphatic heterocycles. The van der Waals surface area contributed by atoms with Gasteiger partial charge in [0.1, 0.15) is 25.2 Å². The van der Waals surface area contributed by atoms with E-state index in [-0.39, 0.29) is 24.7 Å². The molecule has 5 rings (SSSR count). The number of anilines is 1. The summed E-state index contributed by atoms with van der Waals surface area (Å²) in [7, 11) is 0. The van der Waals surface area contributed by atoms with Crippen LogP contribution in [0.3, 0.4) is 0 Å². The van der Waals surface area contributed by atoms with Gasteiger partial charge in [-0.3, -0.25) is 14.7 Å². The number of amides is 3. The second-order valence-corrected chi connectivity index (χ2v) is 9.37. The molecular formula is C21H17BrF3N6O3+. The zero-order valence-electron chi connectivity index (χ0n) is 17.4. The Morgan fingerprint density at radius 3 is 2.71 bits per heavy atom. The lowest BCUT2D eigenvalue weighted by Crippen LogP contribution is -2.77. The Kier molecular flexibility index (Phi) is 5.02. The van der Waals surface area contributed by atoms with E-state index in [0.717, 1.165) is 0 Å². The van der Waals surface area contributed by atoms with Crippen molar-refractivity contribution in [2.45, 2.75) is 11.6 Å². The van der Waals surface area contributed by atoms with Gasteiger partial charge in [0.05, 0.1) is 11.7 Å². The van der Waals surface area contributed by atoms with Crippen LogP contribution in [0.2, 0.25) is 0 Å². The lowest BCUT2D eigenvalue weighted by atomic mass is 9.72. The minimum atomic E-state index is -4.59. The fourth-order valence-corrected chi connectivity index (χ4v) is 5.55. The molecule has 0 atom stereocenters. The van der Waals surface area contributed by atoms with Crippen molar-refractivity contribution in [1.29, 1.82) is 0 Å². The van der Waals surface area contributed by atoms with Gasteiger partial charge in [-0.1, -0.05) is 22.0 Å². The van der Waals surface area contributed by atoms with Crippen LogP contribution in [0, 0.1) is 0 Å². The first kappa shape index (κ1) is 22.5. The molecule has 13 heteroatoms. The average Bonchev–Trinajstić information content (AvgIpc) is 3.33. The van der Waals surface area contributed by atoms with E-state index in [4.69, 9.17) is 0 Å². The molecule has 9 nitrogen and oxygen atoms in total. The number of nitrogens with one attached hydrogen (secondary N) is 3. The molecule has 0 radical (unpaired) electrons. The van der Waals surface area contributed by atoms with Gasteiger partial charge in [0.25, 0.3) is 5.91 Å². The van der Waals surface area contributed by atoms with Gasteiger partial charge in [0.2, 0.25) is 5.91 Å². The molecule has 3 N–H and O–H groups in total. The van der Waals surface area contributed by atoms with E-state index >= 15 is 0 Å². The van der Waals surface area contributed by atoms with Crippen LogP contribution in [0.4, 0.5) is 18.9 Å². The molecule has 2 aliphatic rings. The standard InChI is InChI=1S/C21H16BrF3N6O3/c22-11-2-1-3-13-17(11)20(19(34)29-13)9-31(10-20,7-16(32)26-8-21(23,24)25)18(33)14-5-4-12-15(28-14)6-27-30-12/h1-6H,7-10H2,(H2-,26,27,28,29,30,32,33,34)/p+1. The van der Waals surface area contributed by atoms with Gasteiger partial charge in [0, 0.05) is 15.7 Å². The Hall–Kier alpha value is -3.32. The molecule has 34 heavy (non-hydrogen) atoms. The van der Waals surface area contributed by atoms with Crippen LogP contribution in [-0.2, 0) is 15.0 Å². The van der Waals surface area contributed by atoms with Crippen molar-refractivity contribution in [3.63, 3.8) is 0 Å². The normalized spacial score (nSPS) is 23.5. The number of benzene rings is 1. The molecule has 1 aromatic carbocycles. The highest BCUT2D eigenvalue weighted by molar-refractivity contribution is 9.10. The van der Waals surface area contributed by atoms with E-state index in [1.54, 1.807) is 24.3 Å². The number of likely N-dealkylation sites (tertiary alicyclic amines) is 1. The van der Waals surface area contributed by atoms with Gasteiger partial charge in [0.15, 0.2) is 17.7 Å². The van der Waals surface area contributed by atoms with Gasteiger partial charge in [-0.05, 0) is 24.3 Å². The molecule has 1 spiro atoms. The minimum absolute atomic E-state index is 0.0260. The summed E-state index contributed by atoms with van der Waals surface area (Å²) < 4.78 is 38.0. The predicted octanol–water partition coefficient (Wildman–Crippen LogP) is 2.26. The Morgan fingerprint density at radius 1 is 1.21 bits per heavy atom. The third-order valence-corrected chi connectivity index (χ3v) is 6.86. The smallest absolute Gasteiger partial charge is 0.342 e. The first-order chi connectivity index (χ1) is 16.0. The number of nitrogens with zero attached hydrogens (tertiary/aromatic N) is 3. The quantitative estimate of drug-likeness (QED) is 0.441. The maximum absolute atomic E-state index is 13.6. The average molecular weight is 538 g/mol. The van der Waals surface area contributed by atoms with Crippen LogP contribution in [-0.4, -0.2) is 69.7 Å². The highest BCUT2D eigenvalue weighted by atomic mass is 79.9. The summed E-state index contributed by atoms with van der Waals surface area (Å²) in [6.07, 6.45) is -3.16. The molecule has 0 bridgehead atoms.